The number of anilines is 1. The van der Waals surface area contributed by atoms with Crippen LogP contribution in [0.5, 0.6) is 0 Å². The van der Waals surface area contributed by atoms with Crippen LogP contribution in [0.1, 0.15) is 25.8 Å². The van der Waals surface area contributed by atoms with Gasteiger partial charge < -0.3 is 5.32 Å². The van der Waals surface area contributed by atoms with Crippen molar-refractivity contribution in [1.29, 1.82) is 0 Å². The van der Waals surface area contributed by atoms with Gasteiger partial charge in [-0.25, -0.2) is 9.97 Å². The number of thiophene rings is 1. The molecule has 0 unspecified atom stereocenters. The SMILES string of the molecule is CCCNc1ncnc(-c2ccsc2)c1CC. The Bertz CT molecular complexity index is 466. The molecule has 0 aliphatic rings. The molecular weight excluding hydrogens is 230 g/mol. The molecule has 0 saturated carbocycles. The van der Waals surface area contributed by atoms with Crippen LogP contribution in [0.3, 0.4) is 0 Å². The van der Waals surface area contributed by atoms with Crippen molar-refractivity contribution in [3.8, 4) is 11.3 Å². The number of hydrogen-bond donors (Lipinski definition) is 1. The normalized spacial score (nSPS) is 10.5. The summed E-state index contributed by atoms with van der Waals surface area (Å²) in [5.74, 6) is 0.977. The number of nitrogens with one attached hydrogen (secondary N) is 1. The largest absolute Gasteiger partial charge is 0.370 e. The van der Waals surface area contributed by atoms with Crippen LogP contribution in [0.4, 0.5) is 5.82 Å². The van der Waals surface area contributed by atoms with E-state index >= 15 is 0 Å². The van der Waals surface area contributed by atoms with E-state index in [1.807, 2.05) is 0 Å². The van der Waals surface area contributed by atoms with Gasteiger partial charge in [0.2, 0.25) is 0 Å². The van der Waals surface area contributed by atoms with Crippen LogP contribution in [0, 0.1) is 0 Å². The average Bonchev–Trinajstić information content (AvgIpc) is 2.89. The highest BCUT2D eigenvalue weighted by Crippen LogP contribution is 2.27. The van der Waals surface area contributed by atoms with Crippen LogP contribution in [-0.2, 0) is 6.42 Å². The van der Waals surface area contributed by atoms with Crippen molar-refractivity contribution in [1.82, 2.24) is 9.97 Å². The molecule has 1 N–H and O–H groups in total. The summed E-state index contributed by atoms with van der Waals surface area (Å²) >= 11 is 1.70. The Morgan fingerprint density at radius 1 is 1.29 bits per heavy atom. The molecule has 0 aromatic carbocycles. The molecule has 0 radical (unpaired) electrons. The Kier molecular flexibility index (Phi) is 4.09. The van der Waals surface area contributed by atoms with Crippen molar-refractivity contribution < 1.29 is 0 Å². The Hall–Kier alpha value is -1.42. The molecule has 3 nitrogen and oxygen atoms in total. The van der Waals surface area contributed by atoms with E-state index < -0.39 is 0 Å². The first-order chi connectivity index (χ1) is 8.36. The number of rotatable bonds is 5. The topological polar surface area (TPSA) is 37.8 Å². The predicted octanol–water partition coefficient (Wildman–Crippen LogP) is 3.59. The maximum Gasteiger partial charge on any atom is 0.133 e. The molecular formula is C13H17N3S. The van der Waals surface area contributed by atoms with E-state index in [9.17, 15) is 0 Å². The maximum atomic E-state index is 4.42. The van der Waals surface area contributed by atoms with Gasteiger partial charge in [0.15, 0.2) is 0 Å². The second-order valence-electron chi connectivity index (χ2n) is 3.84. The second-order valence-corrected chi connectivity index (χ2v) is 4.62. The summed E-state index contributed by atoms with van der Waals surface area (Å²) in [6.45, 7) is 5.25. The van der Waals surface area contributed by atoms with Crippen LogP contribution in [0.25, 0.3) is 11.3 Å². The smallest absolute Gasteiger partial charge is 0.133 e. The minimum atomic E-state index is 0.943. The molecule has 2 aromatic rings. The van der Waals surface area contributed by atoms with E-state index in [0.717, 1.165) is 30.9 Å². The minimum Gasteiger partial charge on any atom is -0.370 e. The summed E-state index contributed by atoms with van der Waals surface area (Å²) < 4.78 is 0. The third-order valence-electron chi connectivity index (χ3n) is 2.64. The molecule has 0 bridgehead atoms. The summed E-state index contributed by atoms with van der Waals surface area (Å²) in [6.07, 6.45) is 3.68. The molecule has 2 aromatic heterocycles. The van der Waals surface area contributed by atoms with Gasteiger partial charge >= 0.3 is 0 Å². The average molecular weight is 247 g/mol. The zero-order chi connectivity index (χ0) is 12.1. The fourth-order valence-electron chi connectivity index (χ4n) is 1.79. The quantitative estimate of drug-likeness (QED) is 0.877. The molecule has 4 heteroatoms. The standard InChI is InChI=1S/C13H17N3S/c1-3-6-14-13-11(4-2)12(15-9-16-13)10-5-7-17-8-10/h5,7-9H,3-4,6H2,1-2H3,(H,14,15,16). The van der Waals surface area contributed by atoms with Gasteiger partial charge in [-0.15, -0.1) is 0 Å². The van der Waals surface area contributed by atoms with Crippen molar-refractivity contribution in [2.75, 3.05) is 11.9 Å². The Morgan fingerprint density at radius 3 is 2.82 bits per heavy atom. The Labute approximate surface area is 106 Å². The maximum absolute atomic E-state index is 4.42. The van der Waals surface area contributed by atoms with Gasteiger partial charge in [0.05, 0.1) is 5.69 Å². The van der Waals surface area contributed by atoms with Gasteiger partial charge in [-0.1, -0.05) is 13.8 Å². The van der Waals surface area contributed by atoms with E-state index in [0.29, 0.717) is 0 Å². The fourth-order valence-corrected chi connectivity index (χ4v) is 2.43. The minimum absolute atomic E-state index is 0.943. The summed E-state index contributed by atoms with van der Waals surface area (Å²) in [4.78, 5) is 8.76. The predicted molar refractivity (Wildman–Crippen MR) is 73.5 cm³/mol. The van der Waals surface area contributed by atoms with E-state index in [1.165, 1.54) is 11.1 Å². The lowest BCUT2D eigenvalue weighted by Crippen LogP contribution is -2.07. The summed E-state index contributed by atoms with van der Waals surface area (Å²) in [5, 5.41) is 7.58. The molecule has 0 saturated heterocycles. The molecule has 0 aliphatic heterocycles. The van der Waals surface area contributed by atoms with E-state index in [4.69, 9.17) is 0 Å². The lowest BCUT2D eigenvalue weighted by Gasteiger charge is -2.11. The molecule has 17 heavy (non-hydrogen) atoms. The van der Waals surface area contributed by atoms with Gasteiger partial charge in [-0.05, 0) is 24.3 Å². The van der Waals surface area contributed by atoms with Crippen LogP contribution >= 0.6 is 11.3 Å². The number of nitrogens with zero attached hydrogens (tertiary/aromatic N) is 2. The van der Waals surface area contributed by atoms with Crippen LogP contribution in [0.2, 0.25) is 0 Å². The fraction of sp³-hybridized carbons (Fsp3) is 0.385. The molecule has 0 fully saturated rings. The second kappa shape index (κ2) is 5.77. The lowest BCUT2D eigenvalue weighted by atomic mass is 10.1. The van der Waals surface area contributed by atoms with Crippen molar-refractivity contribution in [2.24, 2.45) is 0 Å². The van der Waals surface area contributed by atoms with Crippen molar-refractivity contribution in [3.63, 3.8) is 0 Å². The molecule has 0 amide bonds. The first kappa shape index (κ1) is 12.0. The highest BCUT2D eigenvalue weighted by molar-refractivity contribution is 7.08. The van der Waals surface area contributed by atoms with Crippen molar-refractivity contribution in [3.05, 3.63) is 28.7 Å². The van der Waals surface area contributed by atoms with Gasteiger partial charge in [-0.3, -0.25) is 0 Å². The third-order valence-corrected chi connectivity index (χ3v) is 3.32. The molecule has 0 atom stereocenters. The van der Waals surface area contributed by atoms with E-state index in [2.05, 4.69) is 46.0 Å². The molecule has 0 spiro atoms. The highest BCUT2D eigenvalue weighted by atomic mass is 32.1. The number of aromatic nitrogens is 2. The summed E-state index contributed by atoms with van der Waals surface area (Å²) in [6, 6.07) is 2.11. The lowest BCUT2D eigenvalue weighted by molar-refractivity contribution is 0.950. The van der Waals surface area contributed by atoms with E-state index in [1.54, 1.807) is 17.7 Å². The van der Waals surface area contributed by atoms with Crippen LogP contribution in [0.15, 0.2) is 23.2 Å². The number of hydrogen-bond acceptors (Lipinski definition) is 4. The zero-order valence-corrected chi connectivity index (χ0v) is 11.0. The van der Waals surface area contributed by atoms with Gasteiger partial charge in [0, 0.05) is 23.1 Å². The monoisotopic (exact) mass is 247 g/mol. The molecule has 0 aliphatic carbocycles. The first-order valence-corrected chi connectivity index (χ1v) is 6.91. The van der Waals surface area contributed by atoms with Gasteiger partial charge in [0.25, 0.3) is 0 Å². The molecule has 2 rings (SSSR count). The van der Waals surface area contributed by atoms with Crippen LogP contribution in [-0.4, -0.2) is 16.5 Å². The third kappa shape index (κ3) is 2.64. The van der Waals surface area contributed by atoms with Crippen LogP contribution < -0.4 is 5.32 Å². The Balaban J connectivity index is 2.39. The van der Waals surface area contributed by atoms with Gasteiger partial charge in [0.1, 0.15) is 12.1 Å². The molecule has 2 heterocycles. The first-order valence-electron chi connectivity index (χ1n) is 5.97. The van der Waals surface area contributed by atoms with Gasteiger partial charge in [-0.2, -0.15) is 11.3 Å². The summed E-state index contributed by atoms with van der Waals surface area (Å²) in [5.41, 5.74) is 3.45. The highest BCUT2D eigenvalue weighted by Gasteiger charge is 2.11. The Morgan fingerprint density at radius 2 is 2.18 bits per heavy atom. The molecule has 90 valence electrons. The van der Waals surface area contributed by atoms with Crippen molar-refractivity contribution in [2.45, 2.75) is 26.7 Å². The van der Waals surface area contributed by atoms with Crippen molar-refractivity contribution >= 4 is 17.2 Å². The zero-order valence-electron chi connectivity index (χ0n) is 10.2. The van der Waals surface area contributed by atoms with E-state index in [-0.39, 0.29) is 0 Å². The summed E-state index contributed by atoms with van der Waals surface area (Å²) in [7, 11) is 0.